The molecule has 0 fully saturated rings. The highest BCUT2D eigenvalue weighted by Gasteiger charge is 2.09. The molecule has 2 N–H and O–H groups in total. The number of rotatable bonds is 10. The van der Waals surface area contributed by atoms with Crippen LogP contribution in [0, 0.1) is 0 Å². The van der Waals surface area contributed by atoms with Gasteiger partial charge in [-0.3, -0.25) is 0 Å². The van der Waals surface area contributed by atoms with E-state index >= 15 is 0 Å². The zero-order valence-corrected chi connectivity index (χ0v) is 10.2. The molecule has 92 valence electrons. The Balaban J connectivity index is 3.63. The third-order valence-electron chi connectivity index (χ3n) is 2.14. The second kappa shape index (κ2) is 10.4. The summed E-state index contributed by atoms with van der Waals surface area (Å²) in [7, 11) is 1.67. The summed E-state index contributed by atoms with van der Waals surface area (Å²) in [6.07, 6.45) is 1.94. The summed E-state index contributed by atoms with van der Waals surface area (Å²) in [5.41, 5.74) is 0. The molecule has 15 heavy (non-hydrogen) atoms. The third-order valence-corrected chi connectivity index (χ3v) is 2.14. The molecule has 0 aliphatic rings. The number of aliphatic hydroxyl groups is 1. The topological polar surface area (TPSA) is 50.7 Å². The first-order valence-electron chi connectivity index (χ1n) is 5.69. The molecular weight excluding hydrogens is 194 g/mol. The van der Waals surface area contributed by atoms with E-state index in [9.17, 15) is 0 Å². The van der Waals surface area contributed by atoms with E-state index < -0.39 is 0 Å². The van der Waals surface area contributed by atoms with Gasteiger partial charge in [-0.15, -0.1) is 0 Å². The molecule has 0 aliphatic carbocycles. The van der Waals surface area contributed by atoms with Crippen molar-refractivity contribution in [2.45, 2.75) is 38.8 Å². The Morgan fingerprint density at radius 2 is 2.07 bits per heavy atom. The molecule has 0 heterocycles. The van der Waals surface area contributed by atoms with Gasteiger partial charge in [0.15, 0.2) is 0 Å². The third kappa shape index (κ3) is 8.81. The van der Waals surface area contributed by atoms with Crippen LogP contribution in [0.25, 0.3) is 0 Å². The summed E-state index contributed by atoms with van der Waals surface area (Å²) in [6.45, 7) is 6.51. The molecule has 2 atom stereocenters. The SMILES string of the molecule is CCCNC(CCO)COC(C)COC. The summed E-state index contributed by atoms with van der Waals surface area (Å²) in [4.78, 5) is 0. The summed E-state index contributed by atoms with van der Waals surface area (Å²) < 4.78 is 10.6. The average molecular weight is 219 g/mol. The van der Waals surface area contributed by atoms with Gasteiger partial charge in [-0.25, -0.2) is 0 Å². The van der Waals surface area contributed by atoms with Gasteiger partial charge in [-0.1, -0.05) is 6.92 Å². The van der Waals surface area contributed by atoms with Crippen LogP contribution in [-0.2, 0) is 9.47 Å². The fourth-order valence-electron chi connectivity index (χ4n) is 1.31. The monoisotopic (exact) mass is 219 g/mol. The Bertz CT molecular complexity index is 133. The molecule has 0 bridgehead atoms. The van der Waals surface area contributed by atoms with Crippen molar-refractivity contribution in [1.29, 1.82) is 0 Å². The van der Waals surface area contributed by atoms with Crippen molar-refractivity contribution in [3.05, 3.63) is 0 Å². The lowest BCUT2D eigenvalue weighted by molar-refractivity contribution is -0.00264. The van der Waals surface area contributed by atoms with Crippen LogP contribution in [0.5, 0.6) is 0 Å². The van der Waals surface area contributed by atoms with Crippen LogP contribution in [0.3, 0.4) is 0 Å². The minimum Gasteiger partial charge on any atom is -0.396 e. The lowest BCUT2D eigenvalue weighted by atomic mass is 10.2. The fraction of sp³-hybridized carbons (Fsp3) is 1.00. The molecule has 4 heteroatoms. The lowest BCUT2D eigenvalue weighted by Crippen LogP contribution is -2.36. The first-order valence-corrected chi connectivity index (χ1v) is 5.69. The molecule has 4 nitrogen and oxygen atoms in total. The van der Waals surface area contributed by atoms with Crippen molar-refractivity contribution in [2.24, 2.45) is 0 Å². The number of ether oxygens (including phenoxy) is 2. The van der Waals surface area contributed by atoms with Gasteiger partial charge in [0.1, 0.15) is 0 Å². The van der Waals surface area contributed by atoms with E-state index in [2.05, 4.69) is 12.2 Å². The largest absolute Gasteiger partial charge is 0.396 e. The van der Waals surface area contributed by atoms with Crippen molar-refractivity contribution in [3.63, 3.8) is 0 Å². The zero-order chi connectivity index (χ0) is 11.5. The van der Waals surface area contributed by atoms with Gasteiger partial charge < -0.3 is 19.9 Å². The predicted molar refractivity (Wildman–Crippen MR) is 61.1 cm³/mol. The van der Waals surface area contributed by atoms with E-state index in [1.807, 2.05) is 6.92 Å². The second-order valence-electron chi connectivity index (χ2n) is 3.76. The van der Waals surface area contributed by atoms with Crippen LogP contribution in [-0.4, -0.2) is 50.7 Å². The normalized spacial score (nSPS) is 15.2. The van der Waals surface area contributed by atoms with Crippen LogP contribution in [0.1, 0.15) is 26.7 Å². The predicted octanol–water partition coefficient (Wildman–Crippen LogP) is 0.788. The summed E-state index contributed by atoms with van der Waals surface area (Å²) in [6, 6.07) is 0.245. The number of aliphatic hydroxyl groups excluding tert-OH is 1. The first-order chi connectivity index (χ1) is 7.24. The average Bonchev–Trinajstić information content (AvgIpc) is 2.22. The summed E-state index contributed by atoms with van der Waals surface area (Å²) >= 11 is 0. The molecule has 0 aromatic rings. The van der Waals surface area contributed by atoms with Gasteiger partial charge in [0.25, 0.3) is 0 Å². The van der Waals surface area contributed by atoms with E-state index in [1.54, 1.807) is 7.11 Å². The van der Waals surface area contributed by atoms with Crippen molar-refractivity contribution < 1.29 is 14.6 Å². The van der Waals surface area contributed by atoms with E-state index in [0.717, 1.165) is 19.4 Å². The van der Waals surface area contributed by atoms with Crippen molar-refractivity contribution in [1.82, 2.24) is 5.32 Å². The van der Waals surface area contributed by atoms with Crippen LogP contribution in [0.2, 0.25) is 0 Å². The molecular formula is C11H25NO3. The maximum Gasteiger partial charge on any atom is 0.0781 e. The standard InChI is InChI=1S/C11H25NO3/c1-4-6-12-11(5-7-13)9-15-10(2)8-14-3/h10-13H,4-9H2,1-3H3. The molecule has 0 saturated carbocycles. The Morgan fingerprint density at radius 1 is 1.33 bits per heavy atom. The van der Waals surface area contributed by atoms with E-state index in [-0.39, 0.29) is 18.8 Å². The number of methoxy groups -OCH3 is 1. The summed E-state index contributed by atoms with van der Waals surface area (Å²) in [5, 5.41) is 12.2. The van der Waals surface area contributed by atoms with Gasteiger partial charge in [0, 0.05) is 19.8 Å². The Hall–Kier alpha value is -0.160. The van der Waals surface area contributed by atoms with Crippen LogP contribution in [0.4, 0.5) is 0 Å². The van der Waals surface area contributed by atoms with Gasteiger partial charge >= 0.3 is 0 Å². The number of nitrogens with one attached hydrogen (secondary N) is 1. The Labute approximate surface area is 93.0 Å². The summed E-state index contributed by atoms with van der Waals surface area (Å²) in [5.74, 6) is 0. The number of hydrogen-bond acceptors (Lipinski definition) is 4. The molecule has 0 rings (SSSR count). The van der Waals surface area contributed by atoms with E-state index in [1.165, 1.54) is 0 Å². The Kier molecular flexibility index (Phi) is 10.3. The molecule has 0 aromatic carbocycles. The maximum absolute atomic E-state index is 8.88. The van der Waals surface area contributed by atoms with Gasteiger partial charge in [-0.2, -0.15) is 0 Å². The lowest BCUT2D eigenvalue weighted by Gasteiger charge is -2.20. The molecule has 0 spiro atoms. The fourth-order valence-corrected chi connectivity index (χ4v) is 1.31. The highest BCUT2D eigenvalue weighted by Crippen LogP contribution is 1.97. The van der Waals surface area contributed by atoms with Gasteiger partial charge in [0.2, 0.25) is 0 Å². The minimum atomic E-state index is 0.111. The van der Waals surface area contributed by atoms with Crippen LogP contribution >= 0.6 is 0 Å². The highest BCUT2D eigenvalue weighted by molar-refractivity contribution is 4.66. The van der Waals surface area contributed by atoms with E-state index in [0.29, 0.717) is 13.2 Å². The van der Waals surface area contributed by atoms with Crippen molar-refractivity contribution >= 4 is 0 Å². The molecule has 0 aromatic heterocycles. The first kappa shape index (κ1) is 14.8. The highest BCUT2D eigenvalue weighted by atomic mass is 16.5. The molecule has 0 amide bonds. The molecule has 0 radical (unpaired) electrons. The van der Waals surface area contributed by atoms with E-state index in [4.69, 9.17) is 14.6 Å². The molecule has 0 aliphatic heterocycles. The second-order valence-corrected chi connectivity index (χ2v) is 3.76. The van der Waals surface area contributed by atoms with Crippen LogP contribution < -0.4 is 5.32 Å². The smallest absolute Gasteiger partial charge is 0.0781 e. The Morgan fingerprint density at radius 3 is 2.60 bits per heavy atom. The van der Waals surface area contributed by atoms with Crippen molar-refractivity contribution in [3.8, 4) is 0 Å². The number of hydrogen-bond donors (Lipinski definition) is 2. The van der Waals surface area contributed by atoms with Crippen LogP contribution in [0.15, 0.2) is 0 Å². The molecule has 0 saturated heterocycles. The van der Waals surface area contributed by atoms with Gasteiger partial charge in [0.05, 0.1) is 19.3 Å². The molecule has 2 unspecified atom stereocenters. The van der Waals surface area contributed by atoms with Crippen molar-refractivity contribution in [2.75, 3.05) is 33.5 Å². The van der Waals surface area contributed by atoms with Gasteiger partial charge in [-0.05, 0) is 26.3 Å². The minimum absolute atomic E-state index is 0.111. The zero-order valence-electron chi connectivity index (χ0n) is 10.2. The quantitative estimate of drug-likeness (QED) is 0.570. The maximum atomic E-state index is 8.88.